The third-order valence-electron chi connectivity index (χ3n) is 2.89. The fourth-order valence-corrected chi connectivity index (χ4v) is 3.12. The number of carboxylic acids is 1. The first-order chi connectivity index (χ1) is 7.59. The van der Waals surface area contributed by atoms with Gasteiger partial charge < -0.3 is 5.11 Å². The number of aromatic carboxylic acids is 1. The molecule has 84 valence electrons. The lowest BCUT2D eigenvalue weighted by molar-refractivity contribution is 0.0696. The summed E-state index contributed by atoms with van der Waals surface area (Å²) in [6.07, 6.45) is 2.19. The van der Waals surface area contributed by atoms with Gasteiger partial charge >= 0.3 is 5.97 Å². The molecule has 2 nitrogen and oxygen atoms in total. The van der Waals surface area contributed by atoms with Crippen LogP contribution in [0.1, 0.15) is 33.0 Å². The van der Waals surface area contributed by atoms with Gasteiger partial charge in [0.15, 0.2) is 0 Å². The van der Waals surface area contributed by atoms with Crippen LogP contribution in [-0.4, -0.2) is 16.8 Å². The maximum atomic E-state index is 10.9. The van der Waals surface area contributed by atoms with Crippen LogP contribution >= 0.6 is 11.8 Å². The molecule has 0 fully saturated rings. The average molecular weight is 234 g/mol. The molecule has 0 radical (unpaired) electrons. The third-order valence-corrected chi connectivity index (χ3v) is 3.80. The average Bonchev–Trinajstić information content (AvgIpc) is 2.69. The van der Waals surface area contributed by atoms with Crippen molar-refractivity contribution in [3.8, 4) is 0 Å². The Labute approximate surface area is 99.4 Å². The van der Waals surface area contributed by atoms with Crippen molar-refractivity contribution < 1.29 is 9.90 Å². The molecule has 1 aliphatic rings. The maximum absolute atomic E-state index is 10.9. The number of rotatable bonds is 2. The van der Waals surface area contributed by atoms with Crippen LogP contribution in [-0.2, 0) is 0 Å². The van der Waals surface area contributed by atoms with Gasteiger partial charge in [-0.25, -0.2) is 4.79 Å². The molecular formula is C13H14O2S. The van der Waals surface area contributed by atoms with Crippen molar-refractivity contribution in [3.63, 3.8) is 0 Å². The number of hydrogen-bond acceptors (Lipinski definition) is 2. The van der Waals surface area contributed by atoms with Crippen molar-refractivity contribution >= 4 is 17.7 Å². The van der Waals surface area contributed by atoms with Gasteiger partial charge in [0.1, 0.15) is 0 Å². The van der Waals surface area contributed by atoms with Crippen molar-refractivity contribution in [3.05, 3.63) is 45.9 Å². The van der Waals surface area contributed by atoms with Gasteiger partial charge in [-0.15, -0.1) is 11.8 Å². The van der Waals surface area contributed by atoms with Gasteiger partial charge in [-0.2, -0.15) is 0 Å². The van der Waals surface area contributed by atoms with Crippen molar-refractivity contribution in [2.75, 3.05) is 5.75 Å². The van der Waals surface area contributed by atoms with E-state index in [4.69, 9.17) is 5.11 Å². The summed E-state index contributed by atoms with van der Waals surface area (Å²) in [5.41, 5.74) is 3.82. The lowest BCUT2D eigenvalue weighted by Gasteiger charge is -2.15. The molecule has 0 bridgehead atoms. The largest absolute Gasteiger partial charge is 0.478 e. The highest BCUT2D eigenvalue weighted by Gasteiger charge is 2.18. The molecule has 0 aromatic heterocycles. The molecule has 1 aromatic rings. The van der Waals surface area contributed by atoms with Crippen LogP contribution in [0.3, 0.4) is 0 Å². The van der Waals surface area contributed by atoms with E-state index < -0.39 is 5.97 Å². The Kier molecular flexibility index (Phi) is 3.06. The molecule has 1 atom stereocenters. The van der Waals surface area contributed by atoms with E-state index >= 15 is 0 Å². The maximum Gasteiger partial charge on any atom is 0.335 e. The number of thioether (sulfide) groups is 1. The minimum absolute atomic E-state index is 0.383. The first-order valence-corrected chi connectivity index (χ1v) is 6.27. The summed E-state index contributed by atoms with van der Waals surface area (Å²) in [7, 11) is 0. The van der Waals surface area contributed by atoms with Crippen LogP contribution in [0.25, 0.3) is 0 Å². The second kappa shape index (κ2) is 4.34. The zero-order chi connectivity index (χ0) is 11.7. The first-order valence-electron chi connectivity index (χ1n) is 5.22. The van der Waals surface area contributed by atoms with E-state index in [-0.39, 0.29) is 0 Å². The molecule has 1 N–H and O–H groups in total. The first kappa shape index (κ1) is 11.3. The molecule has 0 saturated carbocycles. The van der Waals surface area contributed by atoms with Crippen molar-refractivity contribution in [2.24, 2.45) is 0 Å². The van der Waals surface area contributed by atoms with E-state index in [9.17, 15) is 4.79 Å². The Bertz CT molecular complexity index is 440. The zero-order valence-electron chi connectivity index (χ0n) is 9.36. The van der Waals surface area contributed by atoms with E-state index in [0.717, 1.165) is 16.9 Å². The highest BCUT2D eigenvalue weighted by atomic mass is 32.2. The molecule has 1 unspecified atom stereocenters. The predicted molar refractivity (Wildman–Crippen MR) is 67.2 cm³/mol. The molecule has 2 rings (SSSR count). The lowest BCUT2D eigenvalue weighted by atomic mass is 9.90. The number of benzene rings is 1. The van der Waals surface area contributed by atoms with Gasteiger partial charge in [0, 0.05) is 11.7 Å². The Morgan fingerprint density at radius 1 is 1.38 bits per heavy atom. The van der Waals surface area contributed by atoms with Gasteiger partial charge in [-0.3, -0.25) is 0 Å². The van der Waals surface area contributed by atoms with Crippen LogP contribution in [0, 0.1) is 13.8 Å². The van der Waals surface area contributed by atoms with Crippen molar-refractivity contribution in [1.82, 2.24) is 0 Å². The smallest absolute Gasteiger partial charge is 0.335 e. The van der Waals surface area contributed by atoms with Crippen molar-refractivity contribution in [1.29, 1.82) is 0 Å². The van der Waals surface area contributed by atoms with Crippen LogP contribution in [0.15, 0.2) is 23.6 Å². The van der Waals surface area contributed by atoms with E-state index in [0.29, 0.717) is 11.5 Å². The molecule has 0 amide bonds. The van der Waals surface area contributed by atoms with Crippen molar-refractivity contribution in [2.45, 2.75) is 19.8 Å². The molecular weight excluding hydrogens is 220 g/mol. The highest BCUT2D eigenvalue weighted by Crippen LogP contribution is 2.33. The van der Waals surface area contributed by atoms with Gasteiger partial charge in [-0.1, -0.05) is 6.08 Å². The highest BCUT2D eigenvalue weighted by molar-refractivity contribution is 8.02. The SMILES string of the molecule is Cc1cc(C(=O)O)cc(C)c1C1C=CSC1. The van der Waals surface area contributed by atoms with Crippen LogP contribution in [0.5, 0.6) is 0 Å². The Morgan fingerprint density at radius 3 is 2.44 bits per heavy atom. The topological polar surface area (TPSA) is 37.3 Å². The Morgan fingerprint density at radius 2 is 2.00 bits per heavy atom. The quantitative estimate of drug-likeness (QED) is 0.852. The Hall–Kier alpha value is -1.22. The molecule has 1 aliphatic heterocycles. The van der Waals surface area contributed by atoms with Gasteiger partial charge in [0.05, 0.1) is 5.56 Å². The molecule has 1 heterocycles. The Balaban J connectivity index is 2.46. The van der Waals surface area contributed by atoms with Crippen LogP contribution in [0.2, 0.25) is 0 Å². The zero-order valence-corrected chi connectivity index (χ0v) is 10.2. The molecule has 3 heteroatoms. The second-order valence-corrected chi connectivity index (χ2v) is 5.04. The van der Waals surface area contributed by atoms with Gasteiger partial charge in [0.2, 0.25) is 0 Å². The molecule has 16 heavy (non-hydrogen) atoms. The third kappa shape index (κ3) is 2.00. The second-order valence-electron chi connectivity index (χ2n) is 4.10. The fourth-order valence-electron chi connectivity index (χ4n) is 2.23. The van der Waals surface area contributed by atoms with Crippen LogP contribution in [0.4, 0.5) is 0 Å². The van der Waals surface area contributed by atoms with E-state index in [2.05, 4.69) is 11.5 Å². The summed E-state index contributed by atoms with van der Waals surface area (Å²) in [5.74, 6) is 0.649. The monoisotopic (exact) mass is 234 g/mol. The summed E-state index contributed by atoms with van der Waals surface area (Å²) < 4.78 is 0. The van der Waals surface area contributed by atoms with E-state index in [1.807, 2.05) is 25.6 Å². The van der Waals surface area contributed by atoms with E-state index in [1.54, 1.807) is 12.1 Å². The number of hydrogen-bond donors (Lipinski definition) is 1. The minimum Gasteiger partial charge on any atom is -0.478 e. The molecule has 0 spiro atoms. The summed E-state index contributed by atoms with van der Waals surface area (Å²) in [6.45, 7) is 3.98. The minimum atomic E-state index is -0.853. The summed E-state index contributed by atoms with van der Waals surface area (Å²) in [5, 5.41) is 11.1. The lowest BCUT2D eigenvalue weighted by Crippen LogP contribution is -2.05. The van der Waals surface area contributed by atoms with Gasteiger partial charge in [-0.05, 0) is 48.1 Å². The van der Waals surface area contributed by atoms with Gasteiger partial charge in [0.25, 0.3) is 0 Å². The molecule has 1 aromatic carbocycles. The number of allylic oxidation sites excluding steroid dienone is 1. The summed E-state index contributed by atoms with van der Waals surface area (Å²) in [6, 6.07) is 3.53. The fraction of sp³-hybridized carbons (Fsp3) is 0.308. The standard InChI is InChI=1S/C13H14O2S/c1-8-5-11(13(14)15)6-9(2)12(8)10-3-4-16-7-10/h3-6,10H,7H2,1-2H3,(H,14,15). The number of carbonyl (C=O) groups is 1. The number of carboxylic acid groups (broad SMARTS) is 1. The molecule has 0 aliphatic carbocycles. The summed E-state index contributed by atoms with van der Waals surface area (Å²) in [4.78, 5) is 10.9. The predicted octanol–water partition coefficient (Wildman–Crippen LogP) is 3.35. The molecule has 0 saturated heterocycles. The number of aryl methyl sites for hydroxylation is 2. The summed E-state index contributed by atoms with van der Waals surface area (Å²) >= 11 is 1.81. The van der Waals surface area contributed by atoms with E-state index in [1.165, 1.54) is 5.56 Å². The van der Waals surface area contributed by atoms with Crippen LogP contribution < -0.4 is 0 Å². The normalized spacial score (nSPS) is 19.0.